The number of nitrogens with zero attached hydrogens (tertiary/aromatic N) is 1. The molecule has 0 aliphatic heterocycles. The van der Waals surface area contributed by atoms with E-state index in [0.717, 1.165) is 33.0 Å². The predicted molar refractivity (Wildman–Crippen MR) is 162 cm³/mol. The number of aliphatic hydroxyl groups excluding tert-OH is 1. The molecule has 0 saturated carbocycles. The van der Waals surface area contributed by atoms with Crippen LogP contribution in [0.5, 0.6) is 0 Å². The molecule has 8 nitrogen and oxygen atoms in total. The Morgan fingerprint density at radius 3 is 2.10 bits per heavy atom. The van der Waals surface area contributed by atoms with E-state index >= 15 is 0 Å². The second-order valence-corrected chi connectivity index (χ2v) is 10.7. The second-order valence-electron chi connectivity index (χ2n) is 10.7. The fraction of sp³-hybridized carbons (Fsp3) is 0.265. The molecule has 4 aromatic carbocycles. The van der Waals surface area contributed by atoms with Gasteiger partial charge in [0.1, 0.15) is 12.6 Å². The van der Waals surface area contributed by atoms with Crippen molar-refractivity contribution in [2.24, 2.45) is 5.92 Å². The van der Waals surface area contributed by atoms with E-state index in [2.05, 4.69) is 29.6 Å². The molecule has 0 fully saturated rings. The largest absolute Gasteiger partial charge is 0.480 e. The summed E-state index contributed by atoms with van der Waals surface area (Å²) in [6, 6.07) is 29.1. The van der Waals surface area contributed by atoms with Gasteiger partial charge >= 0.3 is 18.0 Å². The molecule has 218 valence electrons. The topological polar surface area (TPSA) is 116 Å². The number of nitrogens with one attached hydrogen (secondary N) is 1. The molecule has 2 amide bonds. The Kier molecular flexibility index (Phi) is 10.3. The quantitative estimate of drug-likeness (QED) is 0.201. The van der Waals surface area contributed by atoms with Crippen molar-refractivity contribution in [3.8, 4) is 11.1 Å². The Hall–Kier alpha value is -4.69. The first-order chi connectivity index (χ1) is 20.2. The van der Waals surface area contributed by atoms with Crippen LogP contribution >= 0.6 is 0 Å². The number of hydrogen-bond acceptors (Lipinski definition) is 5. The van der Waals surface area contributed by atoms with Crippen molar-refractivity contribution in [3.63, 3.8) is 0 Å². The number of esters is 1. The fourth-order valence-corrected chi connectivity index (χ4v) is 4.67. The average molecular weight is 569 g/mol. The van der Waals surface area contributed by atoms with Gasteiger partial charge in [-0.25, -0.2) is 14.4 Å². The highest BCUT2D eigenvalue weighted by atomic mass is 16.5. The summed E-state index contributed by atoms with van der Waals surface area (Å²) in [7, 11) is 0. The molecule has 4 rings (SSSR count). The van der Waals surface area contributed by atoms with E-state index in [4.69, 9.17) is 4.74 Å². The van der Waals surface area contributed by atoms with E-state index in [1.54, 1.807) is 12.1 Å². The van der Waals surface area contributed by atoms with Crippen molar-refractivity contribution in [2.45, 2.75) is 39.0 Å². The van der Waals surface area contributed by atoms with Crippen LogP contribution in [0.25, 0.3) is 21.9 Å². The lowest BCUT2D eigenvalue weighted by Gasteiger charge is -2.28. The van der Waals surface area contributed by atoms with Crippen molar-refractivity contribution in [1.29, 1.82) is 0 Å². The Balaban J connectivity index is 1.38. The maximum absolute atomic E-state index is 13.2. The molecule has 8 heteroatoms. The van der Waals surface area contributed by atoms with Crippen molar-refractivity contribution in [1.82, 2.24) is 10.2 Å². The molecular weight excluding hydrogens is 532 g/mol. The average Bonchev–Trinajstić information content (AvgIpc) is 2.99. The number of carbonyl (C=O) groups excluding carboxylic acids is 2. The van der Waals surface area contributed by atoms with Gasteiger partial charge in [0, 0.05) is 13.0 Å². The molecule has 0 spiro atoms. The van der Waals surface area contributed by atoms with E-state index < -0.39 is 30.1 Å². The van der Waals surface area contributed by atoms with Gasteiger partial charge in [-0.1, -0.05) is 105 Å². The summed E-state index contributed by atoms with van der Waals surface area (Å²) >= 11 is 0. The van der Waals surface area contributed by atoms with Gasteiger partial charge in [0.25, 0.3) is 0 Å². The lowest BCUT2D eigenvalue weighted by Crippen LogP contribution is -2.52. The summed E-state index contributed by atoms with van der Waals surface area (Å²) in [5.41, 5.74) is 3.56. The summed E-state index contributed by atoms with van der Waals surface area (Å²) in [6.07, 6.45) is -1.51. The van der Waals surface area contributed by atoms with Gasteiger partial charge in [0.05, 0.1) is 6.54 Å². The molecule has 4 aromatic rings. The van der Waals surface area contributed by atoms with Crippen LogP contribution in [0.2, 0.25) is 0 Å². The monoisotopic (exact) mass is 568 g/mol. The van der Waals surface area contributed by atoms with E-state index in [1.807, 2.05) is 74.5 Å². The van der Waals surface area contributed by atoms with Gasteiger partial charge in [-0.15, -0.1) is 0 Å². The van der Waals surface area contributed by atoms with Crippen LogP contribution in [0.3, 0.4) is 0 Å². The minimum atomic E-state index is -1.58. The van der Waals surface area contributed by atoms with Crippen LogP contribution in [-0.4, -0.2) is 58.3 Å². The molecule has 2 unspecified atom stereocenters. The molecular formula is C34H36N2O6. The number of carboxylic acids is 1. The first-order valence-corrected chi connectivity index (χ1v) is 13.9. The standard InChI is InChI=1S/C34H36N2O6/c1-23(2)20-36(21-31(37)33(40)42-22-25-8-4-3-5-9-25)34(41)35-30(32(38)39)18-24-12-14-27(15-13-24)29-17-16-26-10-6-7-11-28(26)19-29/h3-17,19,23,30-31,37H,18,20-22H2,1-2H3,(H,35,41)(H,38,39). The number of hydrogen-bond donors (Lipinski definition) is 3. The molecule has 0 radical (unpaired) electrons. The zero-order valence-electron chi connectivity index (χ0n) is 23.8. The zero-order valence-corrected chi connectivity index (χ0v) is 23.8. The van der Waals surface area contributed by atoms with Crippen LogP contribution in [0.4, 0.5) is 4.79 Å². The Labute approximate surface area is 245 Å². The van der Waals surface area contributed by atoms with Crippen LogP contribution in [-0.2, 0) is 27.4 Å². The highest BCUT2D eigenvalue weighted by Crippen LogP contribution is 2.25. The molecule has 0 aliphatic rings. The van der Waals surface area contributed by atoms with Gasteiger partial charge in [-0.3, -0.25) is 0 Å². The molecule has 0 heterocycles. The molecule has 0 aliphatic carbocycles. The van der Waals surface area contributed by atoms with Crippen molar-refractivity contribution >= 4 is 28.7 Å². The van der Waals surface area contributed by atoms with Gasteiger partial charge < -0.3 is 25.2 Å². The van der Waals surface area contributed by atoms with E-state index in [0.29, 0.717) is 0 Å². The van der Waals surface area contributed by atoms with Crippen LogP contribution in [0.15, 0.2) is 97.1 Å². The lowest BCUT2D eigenvalue weighted by atomic mass is 9.98. The summed E-state index contributed by atoms with van der Waals surface area (Å²) < 4.78 is 5.20. The molecule has 0 bridgehead atoms. The number of carbonyl (C=O) groups is 3. The summed E-state index contributed by atoms with van der Waals surface area (Å²) in [6.45, 7) is 3.64. The Morgan fingerprint density at radius 2 is 1.43 bits per heavy atom. The Bertz CT molecular complexity index is 1500. The second kappa shape index (κ2) is 14.3. The smallest absolute Gasteiger partial charge is 0.337 e. The molecule has 2 atom stereocenters. The fourth-order valence-electron chi connectivity index (χ4n) is 4.67. The van der Waals surface area contributed by atoms with Gasteiger partial charge in [0.2, 0.25) is 0 Å². The minimum absolute atomic E-state index is 0.00610. The number of urea groups is 1. The van der Waals surface area contributed by atoms with Crippen LogP contribution in [0, 0.1) is 5.92 Å². The number of amides is 2. The third-order valence-electron chi connectivity index (χ3n) is 6.83. The highest BCUT2D eigenvalue weighted by molar-refractivity contribution is 5.87. The first-order valence-electron chi connectivity index (χ1n) is 13.9. The van der Waals surface area contributed by atoms with E-state index in [1.165, 1.54) is 4.90 Å². The van der Waals surface area contributed by atoms with Gasteiger partial charge in [-0.2, -0.15) is 0 Å². The van der Waals surface area contributed by atoms with Crippen molar-refractivity contribution in [2.75, 3.05) is 13.1 Å². The summed E-state index contributed by atoms with van der Waals surface area (Å²) in [5.74, 6) is -2.04. The van der Waals surface area contributed by atoms with E-state index in [-0.39, 0.29) is 32.0 Å². The zero-order chi connectivity index (χ0) is 30.1. The maximum Gasteiger partial charge on any atom is 0.337 e. The third kappa shape index (κ3) is 8.41. The SMILES string of the molecule is CC(C)CN(CC(O)C(=O)OCc1ccccc1)C(=O)NC(Cc1ccc(-c2ccc3ccccc3c2)cc1)C(=O)O. The number of fused-ring (bicyclic) bond motifs is 1. The number of rotatable bonds is 12. The van der Waals surface area contributed by atoms with Crippen molar-refractivity contribution < 1.29 is 29.3 Å². The summed E-state index contributed by atoms with van der Waals surface area (Å²) in [4.78, 5) is 38.9. The van der Waals surface area contributed by atoms with Gasteiger partial charge in [-0.05, 0) is 45.0 Å². The summed E-state index contributed by atoms with van der Waals surface area (Å²) in [5, 5.41) is 25.2. The first kappa shape index (κ1) is 30.3. The number of ether oxygens (including phenoxy) is 1. The minimum Gasteiger partial charge on any atom is -0.480 e. The molecule has 0 aromatic heterocycles. The van der Waals surface area contributed by atoms with Crippen molar-refractivity contribution in [3.05, 3.63) is 108 Å². The molecule has 0 saturated heterocycles. The Morgan fingerprint density at radius 1 is 0.786 bits per heavy atom. The highest BCUT2D eigenvalue weighted by Gasteiger charge is 2.28. The lowest BCUT2D eigenvalue weighted by molar-refractivity contribution is -0.155. The maximum atomic E-state index is 13.2. The van der Waals surface area contributed by atoms with Crippen LogP contribution < -0.4 is 5.32 Å². The molecule has 42 heavy (non-hydrogen) atoms. The number of carboxylic acid groups (broad SMARTS) is 1. The molecule has 3 N–H and O–H groups in total. The number of aliphatic carboxylic acids is 1. The van der Waals surface area contributed by atoms with Crippen LogP contribution in [0.1, 0.15) is 25.0 Å². The number of benzene rings is 4. The van der Waals surface area contributed by atoms with E-state index in [9.17, 15) is 24.6 Å². The normalized spacial score (nSPS) is 12.5. The third-order valence-corrected chi connectivity index (χ3v) is 6.83. The predicted octanol–water partition coefficient (Wildman–Crippen LogP) is 5.27. The number of aliphatic hydroxyl groups is 1. The van der Waals surface area contributed by atoms with Gasteiger partial charge in [0.15, 0.2) is 6.10 Å².